The lowest BCUT2D eigenvalue weighted by Crippen LogP contribution is -2.60. The Hall–Kier alpha value is -7.71. The summed E-state index contributed by atoms with van der Waals surface area (Å²) in [5, 5.41) is 34.1. The minimum Gasteiger partial charge on any atom is -0.481 e. The number of carboxylic acid groups (broad SMARTS) is 2. The second-order valence-electron chi connectivity index (χ2n) is 20.5. The Morgan fingerprint density at radius 2 is 1.03 bits per heavy atom. The van der Waals surface area contributed by atoms with Crippen LogP contribution in [-0.2, 0) is 68.7 Å². The fraction of sp³-hybridized carbons (Fsp3) is 0.627. The average molecular weight is 1100 g/mol. The predicted molar refractivity (Wildman–Crippen MR) is 273 cm³/mol. The summed E-state index contributed by atoms with van der Waals surface area (Å²) in [6.45, 7) is 2.96. The molecule has 0 radical (unpaired) electrons. The van der Waals surface area contributed by atoms with Gasteiger partial charge in [0.05, 0.1) is 6.54 Å². The summed E-state index contributed by atoms with van der Waals surface area (Å²) in [6, 6.07) is -0.965. The van der Waals surface area contributed by atoms with Gasteiger partial charge in [0.2, 0.25) is 59.1 Å². The van der Waals surface area contributed by atoms with Gasteiger partial charge in [0.1, 0.15) is 54.9 Å². The van der Waals surface area contributed by atoms with Crippen molar-refractivity contribution in [2.45, 2.75) is 152 Å². The molecule has 78 heavy (non-hydrogen) atoms. The van der Waals surface area contributed by atoms with Crippen LogP contribution in [0.1, 0.15) is 103 Å². The van der Waals surface area contributed by atoms with E-state index >= 15 is 0 Å². The number of nitrogens with two attached hydrogens (primary N) is 1. The first-order chi connectivity index (χ1) is 37.1. The van der Waals surface area contributed by atoms with E-state index in [9.17, 15) is 67.4 Å². The molecule has 11 amide bonds. The third-order valence-corrected chi connectivity index (χ3v) is 14.3. The zero-order valence-electron chi connectivity index (χ0n) is 44.2. The molecule has 27 heteroatoms. The molecule has 0 saturated carbocycles. The number of nitrogens with zero attached hydrogens (tertiary/aromatic N) is 4. The predicted octanol–water partition coefficient (Wildman–Crippen LogP) is -4.13. The van der Waals surface area contributed by atoms with E-state index in [-0.39, 0.29) is 96.6 Å². The summed E-state index contributed by atoms with van der Waals surface area (Å²) < 4.78 is 0. The van der Waals surface area contributed by atoms with E-state index in [2.05, 4.69) is 37.6 Å². The molecule has 0 aliphatic carbocycles. The van der Waals surface area contributed by atoms with E-state index in [1.165, 1.54) is 19.6 Å². The zero-order chi connectivity index (χ0) is 57.2. The minimum absolute atomic E-state index is 0.00234. The monoisotopic (exact) mass is 1100 g/mol. The van der Waals surface area contributed by atoms with Gasteiger partial charge in [-0.05, 0) is 82.1 Å². The second-order valence-corrected chi connectivity index (χ2v) is 20.5. The largest absolute Gasteiger partial charge is 0.481 e. The maximum atomic E-state index is 14.6. The number of benzene rings is 1. The van der Waals surface area contributed by atoms with Crippen molar-refractivity contribution in [3.05, 3.63) is 35.9 Å². The lowest BCUT2D eigenvalue weighted by molar-refractivity contribution is -0.355. The number of quaternary nitrogens is 1. The van der Waals surface area contributed by atoms with Gasteiger partial charge in [-0.1, -0.05) is 44.2 Å². The zero-order valence-corrected chi connectivity index (χ0v) is 44.2. The van der Waals surface area contributed by atoms with Crippen molar-refractivity contribution in [2.75, 3.05) is 45.8 Å². The maximum absolute atomic E-state index is 14.6. The van der Waals surface area contributed by atoms with Crippen molar-refractivity contribution in [1.82, 2.24) is 51.5 Å². The van der Waals surface area contributed by atoms with Gasteiger partial charge in [-0.3, -0.25) is 62.3 Å². The summed E-state index contributed by atoms with van der Waals surface area (Å²) >= 11 is 0. The summed E-state index contributed by atoms with van der Waals surface area (Å²) in [4.78, 5) is 178. The summed E-state index contributed by atoms with van der Waals surface area (Å²) in [5.41, 5.74) is 9.68. The third kappa shape index (κ3) is 17.1. The second kappa shape index (κ2) is 29.1. The Morgan fingerprint density at radius 3 is 1.53 bits per heavy atom. The van der Waals surface area contributed by atoms with E-state index in [0.29, 0.717) is 31.2 Å². The van der Waals surface area contributed by atoms with Crippen LogP contribution in [-0.4, -0.2) is 201 Å². The molecule has 27 nitrogen and oxygen atoms in total. The van der Waals surface area contributed by atoms with Gasteiger partial charge >= 0.3 is 11.9 Å². The van der Waals surface area contributed by atoms with Crippen LogP contribution in [0.25, 0.3) is 0 Å². The first-order valence-corrected chi connectivity index (χ1v) is 26.6. The number of carbonyl (C=O) groups excluding carboxylic acids is 11. The Balaban J connectivity index is 1.31. The molecular formula is C51H75N12O15+. The number of likely N-dealkylation sites (tertiary alicyclic amines) is 4. The quantitative estimate of drug-likeness (QED) is 0.0400. The van der Waals surface area contributed by atoms with E-state index in [1.807, 2.05) is 0 Å². The van der Waals surface area contributed by atoms with E-state index in [0.717, 1.165) is 0 Å². The van der Waals surface area contributed by atoms with E-state index in [1.54, 1.807) is 44.2 Å². The molecule has 4 saturated heterocycles. The number of aliphatic carboxylic acids is 2. The van der Waals surface area contributed by atoms with Crippen LogP contribution in [0.3, 0.4) is 0 Å². The highest BCUT2D eigenvalue weighted by atomic mass is 16.4. The minimum atomic E-state index is -1.54. The molecule has 0 bridgehead atoms. The molecule has 0 spiro atoms. The number of primary amides is 1. The molecule has 428 valence electrons. The van der Waals surface area contributed by atoms with Crippen LogP contribution in [0.15, 0.2) is 30.3 Å². The SMILES string of the molecule is CC(C)C[C@H](NC(=O)[C@H](CCC(=O)O)NC(=O)[C@@H]1CCCN1C(=O)[C@H](CCC(N)=O)NC(=O)[C@@H]1CCCN1C(=O)[C@H](Cc1ccccc1)NC(=O)[C@@H]1CCCN1C(=O)CNC(=O)C[NH3+])C(=O)N1CCC[C@H]1C(=O)NCC(=O)O. The van der Waals surface area contributed by atoms with Crippen molar-refractivity contribution in [2.24, 2.45) is 11.7 Å². The Kier molecular flexibility index (Phi) is 22.9. The number of carbonyl (C=O) groups is 13. The van der Waals surface area contributed by atoms with Crippen LogP contribution in [0.5, 0.6) is 0 Å². The highest BCUT2D eigenvalue weighted by Crippen LogP contribution is 2.25. The smallest absolute Gasteiger partial charge is 0.322 e. The van der Waals surface area contributed by atoms with Gasteiger partial charge in [0, 0.05) is 45.4 Å². The maximum Gasteiger partial charge on any atom is 0.322 e. The first-order valence-electron chi connectivity index (χ1n) is 26.6. The van der Waals surface area contributed by atoms with Gasteiger partial charge < -0.3 is 73.2 Å². The first kappa shape index (κ1) is 61.1. The Labute approximate surface area is 451 Å². The number of hydrogen-bond acceptors (Lipinski definition) is 13. The molecule has 5 rings (SSSR count). The van der Waals surface area contributed by atoms with Gasteiger partial charge in [0.15, 0.2) is 6.54 Å². The number of rotatable bonds is 27. The van der Waals surface area contributed by atoms with Crippen molar-refractivity contribution >= 4 is 76.9 Å². The van der Waals surface area contributed by atoms with E-state index in [4.69, 9.17) is 10.8 Å². The highest BCUT2D eigenvalue weighted by Gasteiger charge is 2.44. The molecule has 4 heterocycles. The number of hydrogen-bond donors (Lipinski definition) is 10. The lowest BCUT2D eigenvalue weighted by atomic mass is 10.0. The number of carboxylic acids is 2. The molecule has 13 N–H and O–H groups in total. The van der Waals surface area contributed by atoms with Crippen LogP contribution >= 0.6 is 0 Å². The van der Waals surface area contributed by atoms with Crippen molar-refractivity contribution in [3.63, 3.8) is 0 Å². The molecule has 1 aromatic rings. The summed E-state index contributed by atoms with van der Waals surface area (Å²) in [5.74, 6) is -10.3. The average Bonchev–Trinajstić information content (AvgIpc) is 4.29. The molecule has 4 aliphatic heterocycles. The fourth-order valence-corrected chi connectivity index (χ4v) is 10.4. The fourth-order valence-electron chi connectivity index (χ4n) is 10.4. The topological polar surface area (TPSA) is 401 Å². The molecule has 0 aromatic heterocycles. The highest BCUT2D eigenvalue weighted by molar-refractivity contribution is 5.99. The molecular weight excluding hydrogens is 1020 g/mol. The lowest BCUT2D eigenvalue weighted by Gasteiger charge is -2.33. The van der Waals surface area contributed by atoms with Gasteiger partial charge in [-0.2, -0.15) is 0 Å². The summed E-state index contributed by atoms with van der Waals surface area (Å²) in [7, 11) is 0. The van der Waals surface area contributed by atoms with E-state index < -0.39 is 145 Å². The Morgan fingerprint density at radius 1 is 0.564 bits per heavy atom. The van der Waals surface area contributed by atoms with Crippen LogP contribution in [0.2, 0.25) is 0 Å². The van der Waals surface area contributed by atoms with Crippen molar-refractivity contribution in [3.8, 4) is 0 Å². The molecule has 0 unspecified atom stereocenters. The van der Waals surface area contributed by atoms with Gasteiger partial charge in [-0.25, -0.2) is 0 Å². The van der Waals surface area contributed by atoms with Crippen LogP contribution in [0.4, 0.5) is 0 Å². The third-order valence-electron chi connectivity index (χ3n) is 14.3. The van der Waals surface area contributed by atoms with Crippen molar-refractivity contribution in [1.29, 1.82) is 0 Å². The number of nitrogens with one attached hydrogen (secondary N) is 6. The number of amides is 11. The molecule has 4 fully saturated rings. The summed E-state index contributed by atoms with van der Waals surface area (Å²) in [6.07, 6.45) is 0.735. The van der Waals surface area contributed by atoms with Crippen LogP contribution in [0, 0.1) is 5.92 Å². The van der Waals surface area contributed by atoms with Crippen molar-refractivity contribution < 1.29 is 78.3 Å². The molecule has 8 atom stereocenters. The Bertz CT molecular complexity index is 2410. The van der Waals surface area contributed by atoms with Crippen LogP contribution < -0.4 is 43.4 Å². The molecule has 1 aromatic carbocycles. The van der Waals surface area contributed by atoms with Gasteiger partial charge in [-0.15, -0.1) is 0 Å². The molecule has 4 aliphatic rings. The normalized spacial score (nSPS) is 20.5. The van der Waals surface area contributed by atoms with Gasteiger partial charge in [0.25, 0.3) is 5.91 Å². The standard InChI is InChI=1S/C51H74N12O15/c1-29(2)24-33(50(77)61-21-7-12-35(61)45(72)55-28-43(69)70)58-44(71)31(17-19-42(67)68)56-47(74)37-14-8-22-62(37)49(76)32(16-18-39(53)64)57-48(75)38-15-9-23-63(38)51(78)34(25-30-10-4-3-5-11-30)59-46(73)36-13-6-20-60(36)41(66)27-54-40(65)26-52/h3-5,10-11,29,31-38H,6-9,12-28,52H2,1-2H3,(H2,53,64)(H,54,65)(H,55,72)(H,56,74)(H,57,75)(H,58,71)(H,59,73)(H,67,68)(H,69,70)/p+1/t31-,32-,33-,34-,35-,36-,37-,38-/m0/s1.